The number of nitrogens with one attached hydrogen (secondary N) is 1. The number of hydrogen-bond acceptors (Lipinski definition) is 2. The molecule has 0 saturated heterocycles. The van der Waals surface area contributed by atoms with E-state index in [-0.39, 0.29) is 11.5 Å². The van der Waals surface area contributed by atoms with Gasteiger partial charge in [0.1, 0.15) is 0 Å². The molecule has 1 fully saturated rings. The summed E-state index contributed by atoms with van der Waals surface area (Å²) >= 11 is 5.66. The Hall–Kier alpha value is -0.280. The molecule has 15 heavy (non-hydrogen) atoms. The third-order valence-electron chi connectivity index (χ3n) is 3.09. The van der Waals surface area contributed by atoms with Crippen LogP contribution in [-0.2, 0) is 9.53 Å². The second kappa shape index (κ2) is 5.71. The predicted molar refractivity (Wildman–Crippen MR) is 61.1 cm³/mol. The summed E-state index contributed by atoms with van der Waals surface area (Å²) in [5, 5.41) is 2.89. The van der Waals surface area contributed by atoms with Crippen molar-refractivity contribution in [3.63, 3.8) is 0 Å². The van der Waals surface area contributed by atoms with Gasteiger partial charge in [0.2, 0.25) is 5.91 Å². The number of hydrogen-bond donors (Lipinski definition) is 1. The van der Waals surface area contributed by atoms with E-state index in [1.807, 2.05) is 6.92 Å². The highest BCUT2D eigenvalue weighted by Crippen LogP contribution is 2.37. The van der Waals surface area contributed by atoms with Crippen LogP contribution in [0.25, 0.3) is 0 Å². The lowest BCUT2D eigenvalue weighted by atomic mass is 9.77. The molecule has 1 atom stereocenters. The molecular formula is C11H20ClNO2. The van der Waals surface area contributed by atoms with Gasteiger partial charge in [0.05, 0.1) is 12.0 Å². The highest BCUT2D eigenvalue weighted by molar-refractivity contribution is 6.18. The maximum absolute atomic E-state index is 11.6. The van der Waals surface area contributed by atoms with Gasteiger partial charge in [-0.05, 0) is 25.2 Å². The highest BCUT2D eigenvalue weighted by atomic mass is 35.5. The fourth-order valence-electron chi connectivity index (χ4n) is 1.72. The fraction of sp³-hybridized carbons (Fsp3) is 0.909. The molecule has 0 bridgehead atoms. The molecule has 0 aromatic carbocycles. The first-order chi connectivity index (χ1) is 7.12. The third-order valence-corrected chi connectivity index (χ3v) is 3.62. The van der Waals surface area contributed by atoms with Crippen LogP contribution >= 0.6 is 11.6 Å². The van der Waals surface area contributed by atoms with Crippen molar-refractivity contribution in [2.24, 2.45) is 5.92 Å². The maximum atomic E-state index is 11.6. The second-order valence-corrected chi connectivity index (χ2v) is 4.79. The first-order valence-electron chi connectivity index (χ1n) is 5.50. The number of carbonyl (C=O) groups excluding carboxylic acids is 1. The number of carbonyl (C=O) groups is 1. The van der Waals surface area contributed by atoms with Crippen LogP contribution in [0.5, 0.6) is 0 Å². The maximum Gasteiger partial charge on any atom is 0.222 e. The quantitative estimate of drug-likeness (QED) is 0.712. The van der Waals surface area contributed by atoms with Crippen molar-refractivity contribution in [2.75, 3.05) is 19.5 Å². The summed E-state index contributed by atoms with van der Waals surface area (Å²) in [5.41, 5.74) is -0.172. The van der Waals surface area contributed by atoms with Crippen LogP contribution in [0.1, 0.15) is 32.6 Å². The Morgan fingerprint density at radius 2 is 2.27 bits per heavy atom. The van der Waals surface area contributed by atoms with Crippen molar-refractivity contribution < 1.29 is 9.53 Å². The monoisotopic (exact) mass is 233 g/mol. The fourth-order valence-corrected chi connectivity index (χ4v) is 1.83. The van der Waals surface area contributed by atoms with E-state index in [1.165, 1.54) is 6.42 Å². The molecule has 4 heteroatoms. The zero-order chi connectivity index (χ0) is 11.3. The van der Waals surface area contributed by atoms with Crippen LogP contribution in [0.4, 0.5) is 0 Å². The lowest BCUT2D eigenvalue weighted by Gasteiger charge is -2.39. The summed E-state index contributed by atoms with van der Waals surface area (Å²) in [6.45, 7) is 2.67. The predicted octanol–water partition coefficient (Wildman–Crippen LogP) is 1.94. The average Bonchev–Trinajstić information content (AvgIpc) is 2.20. The van der Waals surface area contributed by atoms with Gasteiger partial charge in [-0.1, -0.05) is 6.92 Å². The molecule has 1 N–H and O–H groups in total. The Balaban J connectivity index is 2.23. The van der Waals surface area contributed by atoms with Crippen molar-refractivity contribution in [3.05, 3.63) is 0 Å². The van der Waals surface area contributed by atoms with Gasteiger partial charge in [-0.3, -0.25) is 4.79 Å². The SMILES string of the molecule is COC1(CC(=O)NCC(C)CCl)CCC1. The minimum Gasteiger partial charge on any atom is -0.378 e. The van der Waals surface area contributed by atoms with E-state index in [4.69, 9.17) is 16.3 Å². The molecule has 1 rings (SSSR count). The van der Waals surface area contributed by atoms with Crippen molar-refractivity contribution >= 4 is 17.5 Å². The van der Waals surface area contributed by atoms with Gasteiger partial charge in [-0.2, -0.15) is 0 Å². The van der Waals surface area contributed by atoms with Crippen LogP contribution in [0, 0.1) is 5.92 Å². The van der Waals surface area contributed by atoms with E-state index in [9.17, 15) is 4.79 Å². The van der Waals surface area contributed by atoms with E-state index in [0.717, 1.165) is 12.8 Å². The minimum absolute atomic E-state index is 0.0773. The van der Waals surface area contributed by atoms with Crippen molar-refractivity contribution in [3.8, 4) is 0 Å². The smallest absolute Gasteiger partial charge is 0.222 e. The summed E-state index contributed by atoms with van der Waals surface area (Å²) < 4.78 is 5.39. The Labute approximate surface area is 96.5 Å². The van der Waals surface area contributed by atoms with Gasteiger partial charge in [0.25, 0.3) is 0 Å². The molecule has 0 radical (unpaired) electrons. The zero-order valence-electron chi connectivity index (χ0n) is 9.51. The second-order valence-electron chi connectivity index (χ2n) is 4.48. The molecule has 0 spiro atoms. The molecule has 88 valence electrons. The topological polar surface area (TPSA) is 38.3 Å². The van der Waals surface area contributed by atoms with Crippen LogP contribution in [0.3, 0.4) is 0 Å². The summed E-state index contributed by atoms with van der Waals surface area (Å²) in [4.78, 5) is 11.6. The van der Waals surface area contributed by atoms with Gasteiger partial charge in [-0.15, -0.1) is 11.6 Å². The van der Waals surface area contributed by atoms with Gasteiger partial charge >= 0.3 is 0 Å². The Morgan fingerprint density at radius 1 is 1.60 bits per heavy atom. The molecule has 0 heterocycles. The Morgan fingerprint density at radius 3 is 2.67 bits per heavy atom. The number of alkyl halides is 1. The van der Waals surface area contributed by atoms with E-state index < -0.39 is 0 Å². The normalized spacial score (nSPS) is 20.5. The van der Waals surface area contributed by atoms with E-state index in [1.54, 1.807) is 7.11 Å². The van der Waals surface area contributed by atoms with Crippen molar-refractivity contribution in [1.29, 1.82) is 0 Å². The molecule has 0 aromatic heterocycles. The van der Waals surface area contributed by atoms with Gasteiger partial charge in [-0.25, -0.2) is 0 Å². The summed E-state index contributed by atoms with van der Waals surface area (Å²) in [5.74, 6) is 0.986. The average molecular weight is 234 g/mol. The number of methoxy groups -OCH3 is 1. The molecule has 1 aliphatic rings. The van der Waals surface area contributed by atoms with Gasteiger partial charge < -0.3 is 10.1 Å². The van der Waals surface area contributed by atoms with Gasteiger partial charge in [0.15, 0.2) is 0 Å². The molecular weight excluding hydrogens is 214 g/mol. The lowest BCUT2D eigenvalue weighted by Crippen LogP contribution is -2.44. The third kappa shape index (κ3) is 3.65. The summed E-state index contributed by atoms with van der Waals surface area (Å²) in [6.07, 6.45) is 3.65. The number of rotatable bonds is 6. The number of amides is 1. The van der Waals surface area contributed by atoms with E-state index in [2.05, 4.69) is 5.32 Å². The zero-order valence-corrected chi connectivity index (χ0v) is 10.3. The summed E-state index contributed by atoms with van der Waals surface area (Å²) in [6, 6.07) is 0. The first kappa shape index (κ1) is 12.8. The minimum atomic E-state index is -0.172. The van der Waals surface area contributed by atoms with Gasteiger partial charge in [0, 0.05) is 19.5 Å². The standard InChI is InChI=1S/C11H20ClNO2/c1-9(7-12)8-13-10(14)6-11(15-2)4-3-5-11/h9H,3-8H2,1-2H3,(H,13,14). The molecule has 1 unspecified atom stereocenters. The van der Waals surface area contributed by atoms with Crippen molar-refractivity contribution in [1.82, 2.24) is 5.32 Å². The molecule has 3 nitrogen and oxygen atoms in total. The van der Waals surface area contributed by atoms with Crippen LogP contribution in [0.2, 0.25) is 0 Å². The molecule has 1 amide bonds. The Bertz CT molecular complexity index is 211. The molecule has 1 saturated carbocycles. The first-order valence-corrected chi connectivity index (χ1v) is 6.03. The molecule has 0 aliphatic heterocycles. The highest BCUT2D eigenvalue weighted by Gasteiger charge is 2.38. The largest absolute Gasteiger partial charge is 0.378 e. The van der Waals surface area contributed by atoms with E-state index in [0.29, 0.717) is 24.8 Å². The van der Waals surface area contributed by atoms with Crippen molar-refractivity contribution in [2.45, 2.75) is 38.2 Å². The van der Waals surface area contributed by atoms with Crippen LogP contribution in [-0.4, -0.2) is 31.0 Å². The Kier molecular flexibility index (Phi) is 4.87. The molecule has 0 aromatic rings. The van der Waals surface area contributed by atoms with Crippen LogP contribution < -0.4 is 5.32 Å². The number of ether oxygens (including phenoxy) is 1. The molecule has 1 aliphatic carbocycles. The lowest BCUT2D eigenvalue weighted by molar-refractivity contribution is -0.134. The van der Waals surface area contributed by atoms with E-state index >= 15 is 0 Å². The summed E-state index contributed by atoms with van der Waals surface area (Å²) in [7, 11) is 1.69. The van der Waals surface area contributed by atoms with Crippen LogP contribution in [0.15, 0.2) is 0 Å². The number of halogens is 1.